The maximum Gasteiger partial charge on any atom is 0.221 e. The molecule has 0 unspecified atom stereocenters. The summed E-state index contributed by atoms with van der Waals surface area (Å²) < 4.78 is 36.9. The monoisotopic (exact) mass is 333 g/mol. The molecule has 0 saturated carbocycles. The molecule has 0 bridgehead atoms. The lowest BCUT2D eigenvalue weighted by Crippen LogP contribution is -2.20. The van der Waals surface area contributed by atoms with Gasteiger partial charge >= 0.3 is 0 Å². The Morgan fingerprint density at radius 3 is 1.92 bits per heavy atom. The van der Waals surface area contributed by atoms with Crippen LogP contribution in [0.25, 0.3) is 11.5 Å². The highest BCUT2D eigenvalue weighted by Crippen LogP contribution is 2.26. The summed E-state index contributed by atoms with van der Waals surface area (Å²) in [6.45, 7) is 1.28. The second-order valence-electron chi connectivity index (χ2n) is 4.95. The second kappa shape index (κ2) is 8.21. The summed E-state index contributed by atoms with van der Waals surface area (Å²) >= 11 is 0. The summed E-state index contributed by atoms with van der Waals surface area (Å²) in [4.78, 5) is 11.6. The Morgan fingerprint density at radius 1 is 0.958 bits per heavy atom. The lowest BCUT2D eigenvalue weighted by Gasteiger charge is -2.17. The molecular formula is C18H17F2NO3. The number of rotatable bonds is 6. The molecule has 1 amide bonds. The van der Waals surface area contributed by atoms with Crippen LogP contribution in [-0.2, 0) is 14.3 Å². The summed E-state index contributed by atoms with van der Waals surface area (Å²) in [5, 5.41) is 2.68. The van der Waals surface area contributed by atoms with Gasteiger partial charge in [0.1, 0.15) is 11.6 Å². The summed E-state index contributed by atoms with van der Waals surface area (Å²) in [7, 11) is 1.46. The van der Waals surface area contributed by atoms with E-state index in [9.17, 15) is 13.6 Å². The van der Waals surface area contributed by atoms with E-state index >= 15 is 0 Å². The van der Waals surface area contributed by atoms with Crippen molar-refractivity contribution in [3.63, 3.8) is 0 Å². The van der Waals surface area contributed by atoms with E-state index in [0.717, 1.165) is 0 Å². The third-order valence-electron chi connectivity index (χ3n) is 3.09. The van der Waals surface area contributed by atoms with E-state index in [0.29, 0.717) is 22.6 Å². The standard InChI is InChI=1S/C18H17F2NO3/c1-12(22)21-17(13-3-7-15(19)8-4-13)18(24-11-23-2)14-5-9-16(20)10-6-14/h3-10H,11H2,1-2H3,(H,21,22)/b18-17-. The van der Waals surface area contributed by atoms with Gasteiger partial charge in [0.05, 0.1) is 5.70 Å². The highest BCUT2D eigenvalue weighted by Gasteiger charge is 2.15. The first-order chi connectivity index (χ1) is 11.5. The summed E-state index contributed by atoms with van der Waals surface area (Å²) in [6, 6.07) is 11.2. The van der Waals surface area contributed by atoms with E-state index in [2.05, 4.69) is 5.32 Å². The van der Waals surface area contributed by atoms with Gasteiger partial charge in [0.15, 0.2) is 12.6 Å². The van der Waals surface area contributed by atoms with Gasteiger partial charge < -0.3 is 14.8 Å². The van der Waals surface area contributed by atoms with Crippen LogP contribution in [0.2, 0.25) is 0 Å². The van der Waals surface area contributed by atoms with Gasteiger partial charge in [-0.25, -0.2) is 8.78 Å². The third-order valence-corrected chi connectivity index (χ3v) is 3.09. The van der Waals surface area contributed by atoms with Crippen LogP contribution in [0.4, 0.5) is 8.78 Å². The lowest BCUT2D eigenvalue weighted by molar-refractivity contribution is -0.117. The average Bonchev–Trinajstić information content (AvgIpc) is 2.56. The number of halogens is 2. The molecule has 0 radical (unpaired) electrons. The van der Waals surface area contributed by atoms with Gasteiger partial charge in [-0.3, -0.25) is 4.79 Å². The minimum Gasteiger partial charge on any atom is -0.465 e. The fraction of sp³-hybridized carbons (Fsp3) is 0.167. The van der Waals surface area contributed by atoms with Crippen LogP contribution in [0.15, 0.2) is 48.5 Å². The minimum absolute atomic E-state index is 0.0724. The largest absolute Gasteiger partial charge is 0.465 e. The SMILES string of the molecule is COCO/C(=C(\NC(C)=O)c1ccc(F)cc1)c1ccc(F)cc1. The number of carbonyl (C=O) groups excluding carboxylic acids is 1. The molecule has 0 atom stereocenters. The van der Waals surface area contributed by atoms with Crippen molar-refractivity contribution in [3.8, 4) is 0 Å². The topological polar surface area (TPSA) is 47.6 Å². The Bertz CT molecular complexity index is 725. The number of amides is 1. The number of ether oxygens (including phenoxy) is 2. The highest BCUT2D eigenvalue weighted by atomic mass is 19.1. The first-order valence-electron chi connectivity index (χ1n) is 7.16. The van der Waals surface area contributed by atoms with Crippen LogP contribution >= 0.6 is 0 Å². The molecule has 4 nitrogen and oxygen atoms in total. The predicted octanol–water partition coefficient (Wildman–Crippen LogP) is 3.55. The average molecular weight is 333 g/mol. The molecule has 6 heteroatoms. The van der Waals surface area contributed by atoms with E-state index in [1.54, 1.807) is 0 Å². The van der Waals surface area contributed by atoms with Crippen LogP contribution in [0.1, 0.15) is 18.1 Å². The molecule has 0 heterocycles. The van der Waals surface area contributed by atoms with Gasteiger partial charge in [0.2, 0.25) is 5.91 Å². The molecule has 0 aromatic heterocycles. The van der Waals surface area contributed by atoms with Crippen molar-refractivity contribution in [1.29, 1.82) is 0 Å². The highest BCUT2D eigenvalue weighted by molar-refractivity contribution is 5.94. The van der Waals surface area contributed by atoms with Crippen molar-refractivity contribution in [1.82, 2.24) is 5.32 Å². The quantitative estimate of drug-likeness (QED) is 0.500. The zero-order valence-corrected chi connectivity index (χ0v) is 13.3. The van der Waals surface area contributed by atoms with Gasteiger partial charge in [-0.1, -0.05) is 0 Å². The minimum atomic E-state index is -0.401. The first kappa shape index (κ1) is 17.6. The fourth-order valence-corrected chi connectivity index (χ4v) is 2.07. The van der Waals surface area contributed by atoms with Crippen LogP contribution < -0.4 is 5.32 Å². The van der Waals surface area contributed by atoms with Gasteiger partial charge in [0.25, 0.3) is 0 Å². The van der Waals surface area contributed by atoms with Gasteiger partial charge in [-0.15, -0.1) is 0 Å². The van der Waals surface area contributed by atoms with Crippen molar-refractivity contribution < 1.29 is 23.0 Å². The number of benzene rings is 2. The van der Waals surface area contributed by atoms with E-state index in [1.165, 1.54) is 62.6 Å². The van der Waals surface area contributed by atoms with Crippen LogP contribution in [0, 0.1) is 11.6 Å². The molecule has 1 N–H and O–H groups in total. The predicted molar refractivity (Wildman–Crippen MR) is 86.4 cm³/mol. The molecule has 2 rings (SSSR count). The fourth-order valence-electron chi connectivity index (χ4n) is 2.07. The number of nitrogens with one attached hydrogen (secondary N) is 1. The Balaban J connectivity index is 2.59. The normalized spacial score (nSPS) is 11.7. The molecule has 0 fully saturated rings. The van der Waals surface area contributed by atoms with Crippen LogP contribution in [0.5, 0.6) is 0 Å². The van der Waals surface area contributed by atoms with E-state index < -0.39 is 11.6 Å². The maximum absolute atomic E-state index is 13.2. The van der Waals surface area contributed by atoms with E-state index in [-0.39, 0.29) is 12.7 Å². The number of methoxy groups -OCH3 is 1. The molecule has 0 aliphatic rings. The number of hydrogen-bond donors (Lipinski definition) is 1. The van der Waals surface area contributed by atoms with Crippen molar-refractivity contribution in [3.05, 3.63) is 71.3 Å². The second-order valence-corrected chi connectivity index (χ2v) is 4.95. The molecule has 126 valence electrons. The Hall–Kier alpha value is -2.73. The molecule has 0 aliphatic heterocycles. The van der Waals surface area contributed by atoms with Gasteiger partial charge in [-0.05, 0) is 48.5 Å². The molecule has 0 saturated heterocycles. The molecule has 2 aromatic carbocycles. The zero-order valence-electron chi connectivity index (χ0n) is 13.3. The Kier molecular flexibility index (Phi) is 6.03. The third kappa shape index (κ3) is 4.63. The lowest BCUT2D eigenvalue weighted by atomic mass is 10.1. The molecule has 0 spiro atoms. The summed E-state index contributed by atoms with van der Waals surface area (Å²) in [5.74, 6) is -0.830. The van der Waals surface area contributed by atoms with Gasteiger partial charge in [0, 0.05) is 25.2 Å². The smallest absolute Gasteiger partial charge is 0.221 e. The van der Waals surface area contributed by atoms with Gasteiger partial charge in [-0.2, -0.15) is 0 Å². The van der Waals surface area contributed by atoms with Crippen LogP contribution in [0.3, 0.4) is 0 Å². The zero-order chi connectivity index (χ0) is 17.5. The Labute approximate surface area is 138 Å². The molecular weight excluding hydrogens is 316 g/mol. The number of hydrogen-bond acceptors (Lipinski definition) is 3. The van der Waals surface area contributed by atoms with E-state index in [1.807, 2.05) is 0 Å². The van der Waals surface area contributed by atoms with Crippen molar-refractivity contribution in [2.75, 3.05) is 13.9 Å². The molecule has 0 aliphatic carbocycles. The molecule has 24 heavy (non-hydrogen) atoms. The van der Waals surface area contributed by atoms with E-state index in [4.69, 9.17) is 9.47 Å². The Morgan fingerprint density at radius 2 is 1.46 bits per heavy atom. The first-order valence-corrected chi connectivity index (χ1v) is 7.16. The molecule has 2 aromatic rings. The van der Waals surface area contributed by atoms with Crippen molar-refractivity contribution in [2.24, 2.45) is 0 Å². The van der Waals surface area contributed by atoms with Crippen molar-refractivity contribution >= 4 is 17.4 Å². The van der Waals surface area contributed by atoms with Crippen molar-refractivity contribution in [2.45, 2.75) is 6.92 Å². The summed E-state index contributed by atoms with van der Waals surface area (Å²) in [5.41, 5.74) is 1.43. The maximum atomic E-state index is 13.2. The summed E-state index contributed by atoms with van der Waals surface area (Å²) in [6.07, 6.45) is 0. The number of carbonyl (C=O) groups is 1. The van der Waals surface area contributed by atoms with Crippen LogP contribution in [-0.4, -0.2) is 19.8 Å².